The SMILES string of the molecule is CN1CCCC1c1ncc(-c2ccc3c(c2)cc2n3C(c3ccccc3)Oc3cc(B4OC(C)(C)C(C)(C)O4)ccc3-2)[nH]1.COC(=O)NC(C=O)C(C)C. The van der Waals surface area contributed by atoms with Crippen molar-refractivity contribution in [2.24, 2.45) is 5.92 Å². The van der Waals surface area contributed by atoms with Crippen LogP contribution in [0.3, 0.4) is 0 Å². The largest absolute Gasteiger partial charge is 0.494 e. The van der Waals surface area contributed by atoms with Crippen LogP contribution in [0.5, 0.6) is 5.75 Å². The molecule has 11 nitrogen and oxygen atoms in total. The Kier molecular flexibility index (Phi) is 10.2. The van der Waals surface area contributed by atoms with Gasteiger partial charge < -0.3 is 38.4 Å². The number of aromatic amines is 1. The molecule has 3 unspecified atom stereocenters. The second-order valence-electron chi connectivity index (χ2n) is 15.8. The molecule has 2 N–H and O–H groups in total. The maximum atomic E-state index is 10.6. The van der Waals surface area contributed by atoms with E-state index in [1.165, 1.54) is 13.5 Å². The Balaban J connectivity index is 0.000000358. The molecule has 12 heteroatoms. The summed E-state index contributed by atoms with van der Waals surface area (Å²) in [5, 5.41) is 3.55. The molecule has 2 aromatic heterocycles. The molecule has 1 amide bonds. The number of hydrogen-bond acceptors (Lipinski definition) is 8. The molecule has 2 saturated heterocycles. The normalized spacial score (nSPS) is 20.4. The van der Waals surface area contributed by atoms with Crippen LogP contribution in [-0.4, -0.2) is 76.9 Å². The Morgan fingerprint density at radius 1 is 1.04 bits per heavy atom. The highest BCUT2D eigenvalue weighted by atomic mass is 16.7. The monoisotopic (exact) mass is 731 g/mol. The number of H-pyrrole nitrogens is 1. The van der Waals surface area contributed by atoms with Gasteiger partial charge in [-0.15, -0.1) is 0 Å². The van der Waals surface area contributed by atoms with Crippen LogP contribution in [-0.2, 0) is 18.8 Å². The number of nitrogens with one attached hydrogen (secondary N) is 2. The maximum Gasteiger partial charge on any atom is 0.494 e. The molecular formula is C42H50BN5O6. The smallest absolute Gasteiger partial charge is 0.465 e. The minimum absolute atomic E-state index is 0.0894. The van der Waals surface area contributed by atoms with Gasteiger partial charge in [-0.05, 0) is 95.8 Å². The third-order valence-corrected chi connectivity index (χ3v) is 11.3. The van der Waals surface area contributed by atoms with Crippen molar-refractivity contribution < 1.29 is 28.4 Å². The summed E-state index contributed by atoms with van der Waals surface area (Å²) >= 11 is 0. The summed E-state index contributed by atoms with van der Waals surface area (Å²) in [5.41, 5.74) is 6.71. The number of ether oxygens (including phenoxy) is 2. The summed E-state index contributed by atoms with van der Waals surface area (Å²) in [6, 6.07) is 25.6. The molecule has 0 radical (unpaired) electrons. The number of aldehydes is 1. The van der Waals surface area contributed by atoms with Crippen LogP contribution in [0.15, 0.2) is 79.0 Å². The fourth-order valence-electron chi connectivity index (χ4n) is 7.31. The quantitative estimate of drug-likeness (QED) is 0.133. The number of fused-ring (bicyclic) bond motifs is 5. The molecule has 8 rings (SSSR count). The van der Waals surface area contributed by atoms with Crippen LogP contribution in [0.4, 0.5) is 4.79 Å². The van der Waals surface area contributed by atoms with Crippen LogP contribution in [0.2, 0.25) is 0 Å². The predicted molar refractivity (Wildman–Crippen MR) is 211 cm³/mol. The lowest BCUT2D eigenvalue weighted by Crippen LogP contribution is -2.41. The summed E-state index contributed by atoms with van der Waals surface area (Å²) < 4.78 is 26.2. The number of benzene rings is 3. The number of rotatable bonds is 7. The molecule has 0 aliphatic carbocycles. The van der Waals surface area contributed by atoms with E-state index < -0.39 is 30.5 Å². The zero-order valence-corrected chi connectivity index (χ0v) is 32.4. The molecule has 5 aromatic rings. The molecule has 54 heavy (non-hydrogen) atoms. The number of aromatic nitrogens is 3. The number of imidazole rings is 1. The van der Waals surface area contributed by atoms with Gasteiger partial charge in [-0.2, -0.15) is 0 Å². The minimum Gasteiger partial charge on any atom is -0.465 e. The molecule has 2 fully saturated rings. The first kappa shape index (κ1) is 37.4. The van der Waals surface area contributed by atoms with Crippen LogP contribution < -0.4 is 15.5 Å². The van der Waals surface area contributed by atoms with Gasteiger partial charge in [0.2, 0.25) is 6.23 Å². The van der Waals surface area contributed by atoms with Gasteiger partial charge >= 0.3 is 13.2 Å². The molecule has 0 spiro atoms. The van der Waals surface area contributed by atoms with Crippen LogP contribution in [0, 0.1) is 5.92 Å². The van der Waals surface area contributed by atoms with Gasteiger partial charge in [0, 0.05) is 22.1 Å². The third kappa shape index (κ3) is 7.05. The third-order valence-electron chi connectivity index (χ3n) is 11.3. The number of carbonyl (C=O) groups excluding carboxylic acids is 2. The highest BCUT2D eigenvalue weighted by Gasteiger charge is 2.52. The predicted octanol–water partition coefficient (Wildman–Crippen LogP) is 7.27. The van der Waals surface area contributed by atoms with Crippen molar-refractivity contribution in [3.05, 3.63) is 90.4 Å². The lowest BCUT2D eigenvalue weighted by molar-refractivity contribution is -0.110. The molecule has 5 heterocycles. The summed E-state index contributed by atoms with van der Waals surface area (Å²) in [4.78, 5) is 31.7. The number of amides is 1. The Morgan fingerprint density at radius 3 is 2.43 bits per heavy atom. The van der Waals surface area contributed by atoms with Crippen molar-refractivity contribution >= 4 is 35.9 Å². The van der Waals surface area contributed by atoms with Crippen molar-refractivity contribution in [3.8, 4) is 28.3 Å². The average Bonchev–Trinajstić information content (AvgIpc) is 3.94. The second kappa shape index (κ2) is 14.7. The van der Waals surface area contributed by atoms with Crippen molar-refractivity contribution in [2.45, 2.75) is 83.9 Å². The van der Waals surface area contributed by atoms with E-state index in [4.69, 9.17) is 19.0 Å². The van der Waals surface area contributed by atoms with E-state index in [-0.39, 0.29) is 12.1 Å². The standard InChI is InChI=1S/C35H37BN4O3.C7H13NO3/c1-34(2)35(3,4)43-36(42-34)25-14-15-26-30-19-24-18-23(27-21-37-32(38-27)29-12-9-17-39(29)5)13-16-28(24)40(30)33(41-31(26)20-25)22-10-7-6-8-11-22;1-5(2)6(4-9)8-7(10)11-3/h6-8,10-11,13-16,18-21,29,33H,9,12,17H2,1-5H3,(H,37,38);4-6H,1-3H3,(H,8,10). The first-order chi connectivity index (χ1) is 25.8. The Morgan fingerprint density at radius 2 is 1.78 bits per heavy atom. The van der Waals surface area contributed by atoms with Gasteiger partial charge in [0.1, 0.15) is 17.9 Å². The fourth-order valence-corrected chi connectivity index (χ4v) is 7.31. The van der Waals surface area contributed by atoms with Crippen LogP contribution in [0.1, 0.15) is 78.0 Å². The number of hydrogen-bond donors (Lipinski definition) is 2. The van der Waals surface area contributed by atoms with Gasteiger partial charge in [0.15, 0.2) is 0 Å². The van der Waals surface area contributed by atoms with E-state index in [0.29, 0.717) is 12.3 Å². The number of methoxy groups -OCH3 is 1. The Labute approximate surface area is 317 Å². The van der Waals surface area contributed by atoms with Gasteiger partial charge in [-0.25, -0.2) is 9.78 Å². The van der Waals surface area contributed by atoms with E-state index in [1.54, 1.807) is 0 Å². The van der Waals surface area contributed by atoms with Gasteiger partial charge in [-0.3, -0.25) is 4.90 Å². The van der Waals surface area contributed by atoms with E-state index in [1.807, 2.05) is 26.1 Å². The zero-order chi connectivity index (χ0) is 38.4. The van der Waals surface area contributed by atoms with Crippen LogP contribution >= 0.6 is 0 Å². The lowest BCUT2D eigenvalue weighted by atomic mass is 9.78. The molecule has 0 saturated carbocycles. The second-order valence-corrected chi connectivity index (χ2v) is 15.8. The summed E-state index contributed by atoms with van der Waals surface area (Å²) in [6.45, 7) is 13.1. The fraction of sp³-hybridized carbons (Fsp3) is 0.405. The molecule has 0 bridgehead atoms. The molecule has 3 aromatic carbocycles. The Bertz CT molecular complexity index is 2130. The molecule has 3 aliphatic rings. The summed E-state index contributed by atoms with van der Waals surface area (Å²) in [7, 11) is 2.99. The number of carbonyl (C=O) groups is 2. The topological polar surface area (TPSA) is 120 Å². The van der Waals surface area contributed by atoms with E-state index in [9.17, 15) is 9.59 Å². The lowest BCUT2D eigenvalue weighted by Gasteiger charge is -2.32. The number of likely N-dealkylation sites (tertiary alicyclic amines) is 1. The van der Waals surface area contributed by atoms with Crippen molar-refractivity contribution in [2.75, 3.05) is 20.7 Å². The molecular weight excluding hydrogens is 681 g/mol. The number of alkyl carbamates (subject to hydrolysis) is 1. The van der Waals surface area contributed by atoms with Gasteiger partial charge in [-0.1, -0.05) is 56.3 Å². The van der Waals surface area contributed by atoms with Gasteiger partial charge in [0.05, 0.1) is 53.5 Å². The first-order valence-electron chi connectivity index (χ1n) is 18.7. The zero-order valence-electron chi connectivity index (χ0n) is 32.4. The maximum absolute atomic E-state index is 10.6. The highest BCUT2D eigenvalue weighted by molar-refractivity contribution is 6.62. The van der Waals surface area contributed by atoms with Gasteiger partial charge in [0.25, 0.3) is 0 Å². The summed E-state index contributed by atoms with van der Waals surface area (Å²) in [5.74, 6) is 1.97. The average molecular weight is 732 g/mol. The first-order valence-corrected chi connectivity index (χ1v) is 18.7. The van der Waals surface area contributed by atoms with Crippen molar-refractivity contribution in [3.63, 3.8) is 0 Å². The van der Waals surface area contributed by atoms with E-state index in [2.05, 4.69) is 126 Å². The van der Waals surface area contributed by atoms with E-state index in [0.717, 1.165) is 69.0 Å². The van der Waals surface area contributed by atoms with Crippen LogP contribution in [0.25, 0.3) is 33.4 Å². The number of nitrogens with zero attached hydrogens (tertiary/aromatic N) is 3. The molecule has 282 valence electrons. The van der Waals surface area contributed by atoms with Crippen molar-refractivity contribution in [1.29, 1.82) is 0 Å². The Hall–Kier alpha value is -4.91. The van der Waals surface area contributed by atoms with E-state index >= 15 is 0 Å². The molecule has 3 atom stereocenters. The van der Waals surface area contributed by atoms with Crippen molar-refractivity contribution in [1.82, 2.24) is 24.8 Å². The molecule has 3 aliphatic heterocycles. The summed E-state index contributed by atoms with van der Waals surface area (Å²) in [6.07, 6.45) is 4.14. The highest BCUT2D eigenvalue weighted by Crippen LogP contribution is 2.45. The minimum atomic E-state index is -0.573.